The van der Waals surface area contributed by atoms with Gasteiger partial charge in [0.1, 0.15) is 0 Å². The Hall–Kier alpha value is -1.01. The summed E-state index contributed by atoms with van der Waals surface area (Å²) in [5.74, 6) is -0.812. The van der Waals surface area contributed by atoms with Crippen LogP contribution in [-0.2, 0) is 15.7 Å². The van der Waals surface area contributed by atoms with Gasteiger partial charge in [0.2, 0.25) is 0 Å². The van der Waals surface area contributed by atoms with Gasteiger partial charge in [0.05, 0.1) is 22.9 Å². The summed E-state index contributed by atoms with van der Waals surface area (Å²) in [6.45, 7) is 1.67. The van der Waals surface area contributed by atoms with E-state index in [1.54, 1.807) is 6.92 Å². The van der Waals surface area contributed by atoms with Crippen LogP contribution in [-0.4, -0.2) is 17.6 Å². The largest absolute Gasteiger partial charge is 0.465 e. The maximum Gasteiger partial charge on any atom is 0.417 e. The molecule has 3 nitrogen and oxygen atoms in total. The van der Waals surface area contributed by atoms with Gasteiger partial charge < -0.3 is 4.74 Å². The van der Waals surface area contributed by atoms with Crippen LogP contribution in [0.2, 0.25) is 5.02 Å². The van der Waals surface area contributed by atoms with Crippen LogP contribution < -0.4 is 0 Å². The monoisotopic (exact) mass is 301 g/mol. The Morgan fingerprint density at radius 3 is 2.61 bits per heavy atom. The van der Waals surface area contributed by atoms with Crippen molar-refractivity contribution in [3.05, 3.63) is 28.5 Å². The second-order valence-electron chi connectivity index (χ2n) is 3.20. The number of hydrogen-bond donors (Lipinski definition) is 0. The Morgan fingerprint density at radius 1 is 1.56 bits per heavy atom. The fourth-order valence-electron chi connectivity index (χ4n) is 1.12. The van der Waals surface area contributed by atoms with Gasteiger partial charge in [-0.05, 0) is 13.0 Å². The molecule has 0 N–H and O–H groups in total. The molecule has 0 radical (unpaired) electrons. The highest BCUT2D eigenvalue weighted by molar-refractivity contribution is 6.35. The number of carbonyl (C=O) groups is 1. The van der Waals surface area contributed by atoms with E-state index in [1.165, 1.54) is 0 Å². The van der Waals surface area contributed by atoms with Gasteiger partial charge in [-0.3, -0.25) is 9.78 Å². The van der Waals surface area contributed by atoms with Crippen molar-refractivity contribution in [3.8, 4) is 0 Å². The number of hydrogen-bond acceptors (Lipinski definition) is 3. The zero-order valence-corrected chi connectivity index (χ0v) is 10.6. The van der Waals surface area contributed by atoms with Crippen molar-refractivity contribution >= 4 is 29.2 Å². The molecule has 0 saturated carbocycles. The molecule has 8 heteroatoms. The smallest absolute Gasteiger partial charge is 0.417 e. The highest BCUT2D eigenvalue weighted by Gasteiger charge is 2.33. The van der Waals surface area contributed by atoms with Gasteiger partial charge in [0, 0.05) is 6.20 Å². The SMILES string of the molecule is CCOC(=O)C(Cl)c1ncc(C(F)(F)F)cc1Cl. The van der Waals surface area contributed by atoms with E-state index in [2.05, 4.69) is 9.72 Å². The number of ether oxygens (including phenoxy) is 1. The maximum atomic E-state index is 12.4. The lowest BCUT2D eigenvalue weighted by Gasteiger charge is -2.12. The van der Waals surface area contributed by atoms with Crippen LogP contribution in [0, 0.1) is 0 Å². The lowest BCUT2D eigenvalue weighted by atomic mass is 10.2. The molecule has 1 aromatic heterocycles. The molecule has 1 aromatic rings. The molecule has 0 amide bonds. The Kier molecular flexibility index (Phi) is 4.81. The number of alkyl halides is 4. The van der Waals surface area contributed by atoms with Crippen molar-refractivity contribution in [2.24, 2.45) is 0 Å². The van der Waals surface area contributed by atoms with E-state index in [-0.39, 0.29) is 17.3 Å². The van der Waals surface area contributed by atoms with Gasteiger partial charge in [-0.15, -0.1) is 11.6 Å². The zero-order chi connectivity index (χ0) is 13.9. The molecule has 0 bridgehead atoms. The third-order valence-electron chi connectivity index (χ3n) is 1.93. The Morgan fingerprint density at radius 2 is 2.17 bits per heavy atom. The normalized spacial score (nSPS) is 13.2. The number of esters is 1. The molecular formula is C10H8Cl2F3NO2. The highest BCUT2D eigenvalue weighted by atomic mass is 35.5. The summed E-state index contributed by atoms with van der Waals surface area (Å²) < 4.78 is 41.7. The molecule has 1 atom stereocenters. The minimum atomic E-state index is -4.55. The molecule has 0 aliphatic rings. The second-order valence-corrected chi connectivity index (χ2v) is 4.05. The van der Waals surface area contributed by atoms with E-state index in [9.17, 15) is 18.0 Å². The first-order valence-electron chi connectivity index (χ1n) is 4.80. The average Bonchev–Trinajstić information content (AvgIpc) is 2.27. The first-order chi connectivity index (χ1) is 8.27. The molecule has 1 unspecified atom stereocenters. The molecule has 0 saturated heterocycles. The number of halogens is 5. The van der Waals surface area contributed by atoms with Crippen molar-refractivity contribution in [1.29, 1.82) is 0 Å². The first kappa shape index (κ1) is 15.0. The first-order valence-corrected chi connectivity index (χ1v) is 5.62. The topological polar surface area (TPSA) is 39.2 Å². The zero-order valence-electron chi connectivity index (χ0n) is 9.09. The predicted molar refractivity (Wildman–Crippen MR) is 59.5 cm³/mol. The number of nitrogens with zero attached hydrogens (tertiary/aromatic N) is 1. The van der Waals surface area contributed by atoms with Gasteiger partial charge in [-0.2, -0.15) is 13.2 Å². The maximum absolute atomic E-state index is 12.4. The minimum Gasteiger partial charge on any atom is -0.465 e. The van der Waals surface area contributed by atoms with E-state index in [0.717, 1.165) is 0 Å². The molecule has 0 aliphatic carbocycles. The summed E-state index contributed by atoms with van der Waals surface area (Å²) in [5.41, 5.74) is -1.17. The standard InChI is InChI=1S/C10H8Cl2F3NO2/c1-2-18-9(17)7(12)8-6(11)3-5(4-16-8)10(13,14)15/h3-4,7H,2H2,1H3. The van der Waals surface area contributed by atoms with Crippen molar-refractivity contribution in [1.82, 2.24) is 4.98 Å². The van der Waals surface area contributed by atoms with Crippen molar-refractivity contribution < 1.29 is 22.7 Å². The molecule has 0 spiro atoms. The predicted octanol–water partition coefficient (Wildman–Crippen LogP) is 3.60. The number of carbonyl (C=O) groups excluding carboxylic acids is 1. The third kappa shape index (κ3) is 3.49. The van der Waals surface area contributed by atoms with Crippen LogP contribution in [0.3, 0.4) is 0 Å². The van der Waals surface area contributed by atoms with Crippen LogP contribution in [0.15, 0.2) is 12.3 Å². The molecule has 1 rings (SSSR count). The minimum absolute atomic E-state index is 0.0975. The Balaban J connectivity index is 3.02. The molecular weight excluding hydrogens is 294 g/mol. The van der Waals surface area contributed by atoms with Gasteiger partial charge in [-0.25, -0.2) is 0 Å². The van der Waals surface area contributed by atoms with Crippen LogP contribution in [0.25, 0.3) is 0 Å². The molecule has 0 fully saturated rings. The number of pyridine rings is 1. The molecule has 0 aliphatic heterocycles. The summed E-state index contributed by atoms with van der Waals surface area (Å²) in [4.78, 5) is 14.8. The Labute approximate surface area is 111 Å². The third-order valence-corrected chi connectivity index (χ3v) is 2.62. The van der Waals surface area contributed by atoms with Crippen LogP contribution >= 0.6 is 23.2 Å². The summed E-state index contributed by atoms with van der Waals surface area (Å²) in [7, 11) is 0. The van der Waals surface area contributed by atoms with Crippen molar-refractivity contribution in [3.63, 3.8) is 0 Å². The summed E-state index contributed by atoms with van der Waals surface area (Å²) in [6, 6.07) is 0.665. The second kappa shape index (κ2) is 5.75. The Bertz CT molecular complexity index is 451. The fourth-order valence-corrected chi connectivity index (χ4v) is 1.69. The van der Waals surface area contributed by atoms with E-state index in [0.29, 0.717) is 12.3 Å². The lowest BCUT2D eigenvalue weighted by molar-refractivity contribution is -0.142. The van der Waals surface area contributed by atoms with E-state index in [4.69, 9.17) is 23.2 Å². The van der Waals surface area contributed by atoms with Crippen LogP contribution in [0.5, 0.6) is 0 Å². The van der Waals surface area contributed by atoms with Crippen molar-refractivity contribution in [2.45, 2.75) is 18.5 Å². The summed E-state index contributed by atoms with van der Waals surface area (Å²) >= 11 is 11.3. The number of aromatic nitrogens is 1. The lowest BCUT2D eigenvalue weighted by Crippen LogP contribution is -2.14. The molecule has 0 aromatic carbocycles. The summed E-state index contributed by atoms with van der Waals surface area (Å²) in [5, 5.41) is -1.67. The highest BCUT2D eigenvalue weighted by Crippen LogP contribution is 2.34. The van der Waals surface area contributed by atoms with E-state index in [1.807, 2.05) is 0 Å². The average molecular weight is 302 g/mol. The number of rotatable bonds is 3. The van der Waals surface area contributed by atoms with Crippen molar-refractivity contribution in [2.75, 3.05) is 6.61 Å². The fraction of sp³-hybridized carbons (Fsp3) is 0.400. The molecule has 1 heterocycles. The van der Waals surface area contributed by atoms with Gasteiger partial charge in [0.25, 0.3) is 0 Å². The van der Waals surface area contributed by atoms with E-state index < -0.39 is 23.1 Å². The quantitative estimate of drug-likeness (QED) is 0.632. The van der Waals surface area contributed by atoms with Crippen LogP contribution in [0.4, 0.5) is 13.2 Å². The van der Waals surface area contributed by atoms with E-state index >= 15 is 0 Å². The van der Waals surface area contributed by atoms with Gasteiger partial charge in [-0.1, -0.05) is 11.6 Å². The van der Waals surface area contributed by atoms with Gasteiger partial charge in [0.15, 0.2) is 5.38 Å². The van der Waals surface area contributed by atoms with Crippen LogP contribution in [0.1, 0.15) is 23.6 Å². The summed E-state index contributed by atoms with van der Waals surface area (Å²) in [6.07, 6.45) is -3.99. The molecule has 18 heavy (non-hydrogen) atoms. The van der Waals surface area contributed by atoms with Gasteiger partial charge >= 0.3 is 12.1 Å². The molecule has 100 valence electrons.